The molecule has 0 amide bonds. The number of fused-ring (bicyclic) bond motifs is 2. The Morgan fingerprint density at radius 3 is 2.64 bits per heavy atom. The van der Waals surface area contributed by atoms with E-state index in [1.165, 1.54) is 18.4 Å². The van der Waals surface area contributed by atoms with Gasteiger partial charge in [0.05, 0.1) is 13.7 Å². The van der Waals surface area contributed by atoms with Gasteiger partial charge in [0.15, 0.2) is 0 Å². The van der Waals surface area contributed by atoms with Gasteiger partial charge in [-0.3, -0.25) is 0 Å². The minimum absolute atomic E-state index is 0.0640. The number of methoxy groups -OCH3 is 2. The van der Waals surface area contributed by atoms with Crippen molar-refractivity contribution in [2.45, 2.75) is 58.7 Å². The predicted octanol–water partition coefficient (Wildman–Crippen LogP) is 4.36. The number of rotatable bonds is 3. The fraction of sp³-hybridized carbons (Fsp3) is 0.684. The van der Waals surface area contributed by atoms with Crippen molar-refractivity contribution in [1.29, 1.82) is 0 Å². The molecule has 122 valence electrons. The molecule has 0 radical (unpaired) electrons. The molecule has 1 aromatic rings. The Morgan fingerprint density at radius 2 is 1.95 bits per heavy atom. The summed E-state index contributed by atoms with van der Waals surface area (Å²) >= 11 is 0. The smallest absolute Gasteiger partial charge is 0.127 e. The van der Waals surface area contributed by atoms with Crippen LogP contribution in [0.1, 0.15) is 51.2 Å². The highest BCUT2D eigenvalue weighted by atomic mass is 16.5. The zero-order valence-corrected chi connectivity index (χ0v) is 14.5. The average molecular weight is 304 g/mol. The predicted molar refractivity (Wildman–Crippen MR) is 87.6 cm³/mol. The first kappa shape index (κ1) is 15.7. The summed E-state index contributed by atoms with van der Waals surface area (Å²) < 4.78 is 17.5. The van der Waals surface area contributed by atoms with E-state index >= 15 is 0 Å². The van der Waals surface area contributed by atoms with Crippen molar-refractivity contribution in [2.24, 2.45) is 11.3 Å². The number of ether oxygens (including phenoxy) is 3. The number of hydrogen-bond donors (Lipinski definition) is 0. The Kier molecular flexibility index (Phi) is 3.88. The number of hydrogen-bond acceptors (Lipinski definition) is 3. The summed E-state index contributed by atoms with van der Waals surface area (Å²) in [6.07, 6.45) is 4.69. The van der Waals surface area contributed by atoms with Crippen LogP contribution in [-0.2, 0) is 17.8 Å². The Hall–Kier alpha value is -1.22. The third kappa shape index (κ3) is 2.50. The topological polar surface area (TPSA) is 27.7 Å². The summed E-state index contributed by atoms with van der Waals surface area (Å²) in [5.41, 5.74) is 2.57. The summed E-state index contributed by atoms with van der Waals surface area (Å²) in [5, 5.41) is 0. The second-order valence-corrected chi connectivity index (χ2v) is 7.72. The largest absolute Gasteiger partial charge is 0.496 e. The summed E-state index contributed by atoms with van der Waals surface area (Å²) in [4.78, 5) is 0. The van der Waals surface area contributed by atoms with Gasteiger partial charge in [-0.05, 0) is 55.7 Å². The summed E-state index contributed by atoms with van der Waals surface area (Å²) in [6.45, 7) is 7.64. The van der Waals surface area contributed by atoms with Crippen LogP contribution in [-0.4, -0.2) is 19.8 Å². The molecule has 1 aliphatic carbocycles. The third-order valence-electron chi connectivity index (χ3n) is 5.68. The summed E-state index contributed by atoms with van der Waals surface area (Å²) in [7, 11) is 3.46. The first-order valence-electron chi connectivity index (χ1n) is 8.27. The molecule has 1 aliphatic heterocycles. The Labute approximate surface area is 134 Å². The molecule has 1 heterocycles. The van der Waals surface area contributed by atoms with E-state index in [2.05, 4.69) is 32.9 Å². The van der Waals surface area contributed by atoms with Gasteiger partial charge in [-0.1, -0.05) is 13.8 Å². The Morgan fingerprint density at radius 1 is 1.18 bits per heavy atom. The average Bonchev–Trinajstić information content (AvgIpc) is 2.44. The molecule has 3 nitrogen and oxygen atoms in total. The zero-order valence-electron chi connectivity index (χ0n) is 14.5. The summed E-state index contributed by atoms with van der Waals surface area (Å²) in [5.74, 6) is 2.46. The highest BCUT2D eigenvalue weighted by Gasteiger charge is 2.51. The fourth-order valence-corrected chi connectivity index (χ4v) is 4.54. The van der Waals surface area contributed by atoms with E-state index in [9.17, 15) is 0 Å². The van der Waals surface area contributed by atoms with Crippen LogP contribution in [0.2, 0.25) is 0 Å². The highest BCUT2D eigenvalue weighted by Crippen LogP contribution is 2.54. The number of benzene rings is 1. The maximum absolute atomic E-state index is 6.55. The lowest BCUT2D eigenvalue weighted by atomic mass is 9.59. The molecule has 0 spiro atoms. The molecule has 0 unspecified atom stereocenters. The third-order valence-corrected chi connectivity index (χ3v) is 5.68. The van der Waals surface area contributed by atoms with Crippen LogP contribution < -0.4 is 9.47 Å². The molecule has 22 heavy (non-hydrogen) atoms. The van der Waals surface area contributed by atoms with Crippen LogP contribution in [0.3, 0.4) is 0 Å². The van der Waals surface area contributed by atoms with E-state index in [1.807, 2.05) is 0 Å². The van der Waals surface area contributed by atoms with Crippen LogP contribution in [0.5, 0.6) is 11.5 Å². The van der Waals surface area contributed by atoms with Gasteiger partial charge in [0, 0.05) is 18.6 Å². The lowest BCUT2D eigenvalue weighted by Gasteiger charge is -2.53. The van der Waals surface area contributed by atoms with Gasteiger partial charge in [0.2, 0.25) is 0 Å². The van der Waals surface area contributed by atoms with Crippen LogP contribution in [0.4, 0.5) is 0 Å². The Bertz CT molecular complexity index is 564. The van der Waals surface area contributed by atoms with E-state index in [0.717, 1.165) is 29.9 Å². The van der Waals surface area contributed by atoms with Gasteiger partial charge in [-0.2, -0.15) is 0 Å². The van der Waals surface area contributed by atoms with Gasteiger partial charge >= 0.3 is 0 Å². The molecule has 0 aromatic heterocycles. The summed E-state index contributed by atoms with van der Waals surface area (Å²) in [6, 6.07) is 4.22. The highest BCUT2D eigenvalue weighted by molar-refractivity contribution is 5.50. The van der Waals surface area contributed by atoms with Crippen molar-refractivity contribution in [1.82, 2.24) is 0 Å². The minimum Gasteiger partial charge on any atom is -0.496 e. The maximum Gasteiger partial charge on any atom is 0.127 e. The van der Waals surface area contributed by atoms with E-state index in [-0.39, 0.29) is 5.60 Å². The standard InChI is InChI=1S/C19H28O3/c1-18(2)7-6-8-19(3)17(18)11-14-15(21-5)9-13(12-20-4)10-16(14)22-19/h9-10,17H,6-8,11-12H2,1-5H3/t17-,19-/m1/s1. The van der Waals surface area contributed by atoms with E-state index in [0.29, 0.717) is 17.9 Å². The van der Waals surface area contributed by atoms with Crippen molar-refractivity contribution in [3.05, 3.63) is 23.3 Å². The second kappa shape index (κ2) is 5.45. The van der Waals surface area contributed by atoms with Crippen molar-refractivity contribution in [3.8, 4) is 11.5 Å². The quantitative estimate of drug-likeness (QED) is 0.830. The lowest BCUT2D eigenvalue weighted by molar-refractivity contribution is -0.0820. The normalized spacial score (nSPS) is 29.2. The minimum atomic E-state index is -0.0640. The molecular weight excluding hydrogens is 276 g/mol. The molecule has 1 saturated carbocycles. The fourth-order valence-electron chi connectivity index (χ4n) is 4.54. The molecule has 1 fully saturated rings. The molecule has 1 aromatic carbocycles. The first-order valence-corrected chi connectivity index (χ1v) is 8.27. The van der Waals surface area contributed by atoms with Gasteiger partial charge in [0.25, 0.3) is 0 Å². The van der Waals surface area contributed by atoms with Crippen LogP contribution in [0, 0.1) is 11.3 Å². The van der Waals surface area contributed by atoms with Gasteiger partial charge in [0.1, 0.15) is 17.1 Å². The Balaban J connectivity index is 2.05. The molecule has 2 aliphatic rings. The van der Waals surface area contributed by atoms with Gasteiger partial charge in [-0.15, -0.1) is 0 Å². The molecule has 0 saturated heterocycles. The van der Waals surface area contributed by atoms with Crippen molar-refractivity contribution in [2.75, 3.05) is 14.2 Å². The lowest BCUT2D eigenvalue weighted by Crippen LogP contribution is -2.54. The van der Waals surface area contributed by atoms with Crippen LogP contribution in [0.15, 0.2) is 12.1 Å². The van der Waals surface area contributed by atoms with Crippen LogP contribution in [0.25, 0.3) is 0 Å². The molecule has 0 N–H and O–H groups in total. The molecule has 0 bridgehead atoms. The molecular formula is C19H28O3. The van der Waals surface area contributed by atoms with Gasteiger partial charge in [-0.25, -0.2) is 0 Å². The monoisotopic (exact) mass is 304 g/mol. The van der Waals surface area contributed by atoms with Crippen molar-refractivity contribution >= 4 is 0 Å². The van der Waals surface area contributed by atoms with Crippen LogP contribution >= 0.6 is 0 Å². The van der Waals surface area contributed by atoms with E-state index < -0.39 is 0 Å². The zero-order chi connectivity index (χ0) is 16.0. The maximum atomic E-state index is 6.55. The van der Waals surface area contributed by atoms with Crippen molar-refractivity contribution < 1.29 is 14.2 Å². The second-order valence-electron chi connectivity index (χ2n) is 7.72. The molecule has 3 rings (SSSR count). The molecule has 3 heteroatoms. The SMILES string of the molecule is COCc1cc(OC)c2c(c1)O[C@]1(C)CCCC(C)(C)[C@H]1C2. The van der Waals surface area contributed by atoms with E-state index in [4.69, 9.17) is 14.2 Å². The van der Waals surface area contributed by atoms with E-state index in [1.54, 1.807) is 14.2 Å². The van der Waals surface area contributed by atoms with Crippen molar-refractivity contribution in [3.63, 3.8) is 0 Å². The van der Waals surface area contributed by atoms with Gasteiger partial charge < -0.3 is 14.2 Å². The first-order chi connectivity index (χ1) is 10.4. The molecule has 2 atom stereocenters.